The van der Waals surface area contributed by atoms with E-state index >= 15 is 0 Å². The molecule has 1 heterocycles. The molecule has 0 bridgehead atoms. The first-order valence-corrected chi connectivity index (χ1v) is 7.91. The molecule has 0 aliphatic rings. The van der Waals surface area contributed by atoms with E-state index in [0.717, 1.165) is 11.6 Å². The highest BCUT2D eigenvalue weighted by Crippen LogP contribution is 2.35. The van der Waals surface area contributed by atoms with Crippen LogP contribution < -0.4 is 0 Å². The van der Waals surface area contributed by atoms with Gasteiger partial charge in [-0.25, -0.2) is 9.37 Å². The molecule has 0 atom stereocenters. The molecule has 0 aliphatic heterocycles. The van der Waals surface area contributed by atoms with E-state index in [1.807, 2.05) is 12.1 Å². The molecule has 0 fully saturated rings. The van der Waals surface area contributed by atoms with E-state index in [4.69, 9.17) is 4.42 Å². The Balaban J connectivity index is 1.91. The molecule has 4 aromatic rings. The maximum Gasteiger partial charge on any atom is 0.227 e. The lowest BCUT2D eigenvalue weighted by Gasteiger charge is -2.05. The zero-order chi connectivity index (χ0) is 18.3. The summed E-state index contributed by atoms with van der Waals surface area (Å²) in [4.78, 5) is 4.43. The van der Waals surface area contributed by atoms with Crippen LogP contribution >= 0.6 is 0 Å². The first-order chi connectivity index (χ1) is 12.6. The molecule has 5 heteroatoms. The number of hydrogen-bond donors (Lipinski definition) is 2. The number of para-hydroxylation sites is 1. The van der Waals surface area contributed by atoms with Crippen LogP contribution in [0.2, 0.25) is 0 Å². The number of aromatic hydroxyl groups is 2. The largest absolute Gasteiger partial charge is 0.507 e. The van der Waals surface area contributed by atoms with Gasteiger partial charge in [0.05, 0.1) is 0 Å². The summed E-state index contributed by atoms with van der Waals surface area (Å²) < 4.78 is 19.4. The second-order valence-corrected chi connectivity index (χ2v) is 5.82. The molecule has 0 amide bonds. The van der Waals surface area contributed by atoms with Gasteiger partial charge in [0, 0.05) is 16.7 Å². The number of halogens is 1. The monoisotopic (exact) mass is 347 g/mol. The van der Waals surface area contributed by atoms with Crippen LogP contribution in [0.1, 0.15) is 5.56 Å². The lowest BCUT2D eigenvalue weighted by Crippen LogP contribution is -1.83. The fourth-order valence-corrected chi connectivity index (χ4v) is 2.85. The summed E-state index contributed by atoms with van der Waals surface area (Å²) in [5, 5.41) is 19.4. The molecule has 3 aromatic carbocycles. The number of rotatable bonds is 3. The van der Waals surface area contributed by atoms with Crippen molar-refractivity contribution < 1.29 is 19.0 Å². The van der Waals surface area contributed by atoms with E-state index in [-0.39, 0.29) is 11.6 Å². The molecule has 1 aromatic heterocycles. The molecule has 26 heavy (non-hydrogen) atoms. The maximum absolute atomic E-state index is 13.6. The Bertz CT molecular complexity index is 1150. The van der Waals surface area contributed by atoms with Gasteiger partial charge in [0.2, 0.25) is 5.89 Å². The summed E-state index contributed by atoms with van der Waals surface area (Å²) in [6.07, 6.45) is 1.64. The highest BCUT2D eigenvalue weighted by Gasteiger charge is 2.15. The van der Waals surface area contributed by atoms with Gasteiger partial charge in [-0.1, -0.05) is 30.9 Å². The number of benzene rings is 3. The second kappa shape index (κ2) is 6.04. The van der Waals surface area contributed by atoms with Gasteiger partial charge in [0.25, 0.3) is 0 Å². The molecule has 4 nitrogen and oxygen atoms in total. The van der Waals surface area contributed by atoms with E-state index in [9.17, 15) is 14.6 Å². The fraction of sp³-hybridized carbons (Fsp3) is 0. The number of phenolic OH excluding ortho intramolecular Hbond substituents is 2. The van der Waals surface area contributed by atoms with Gasteiger partial charge in [0.15, 0.2) is 17.1 Å². The van der Waals surface area contributed by atoms with Crippen molar-refractivity contribution in [3.05, 3.63) is 72.6 Å². The Morgan fingerprint density at radius 3 is 2.50 bits per heavy atom. The van der Waals surface area contributed by atoms with Crippen molar-refractivity contribution in [2.45, 2.75) is 0 Å². The highest BCUT2D eigenvalue weighted by atomic mass is 19.1. The van der Waals surface area contributed by atoms with Crippen LogP contribution in [0.5, 0.6) is 11.5 Å². The quantitative estimate of drug-likeness (QED) is 0.524. The smallest absolute Gasteiger partial charge is 0.227 e. The van der Waals surface area contributed by atoms with Crippen molar-refractivity contribution in [1.29, 1.82) is 0 Å². The van der Waals surface area contributed by atoms with Gasteiger partial charge < -0.3 is 14.6 Å². The number of nitrogens with zero attached hydrogens (tertiary/aromatic N) is 1. The third-order valence-electron chi connectivity index (χ3n) is 4.15. The lowest BCUT2D eigenvalue weighted by atomic mass is 10.0. The minimum atomic E-state index is -0.747. The van der Waals surface area contributed by atoms with Gasteiger partial charge >= 0.3 is 0 Å². The standard InChI is InChI=1S/C21H14FNO3/c1-2-12-9-14(15-5-3-4-6-18(15)24)11-17-20(12)26-21(23-17)13-7-8-19(25)16(22)10-13/h2-11,24-25H,1H2. The second-order valence-electron chi connectivity index (χ2n) is 5.82. The number of phenols is 2. The lowest BCUT2D eigenvalue weighted by molar-refractivity contribution is 0.432. The first kappa shape index (κ1) is 15.9. The summed E-state index contributed by atoms with van der Waals surface area (Å²) in [6, 6.07) is 14.6. The van der Waals surface area contributed by atoms with Crippen LogP contribution in [0.15, 0.2) is 65.6 Å². The number of aromatic nitrogens is 1. The molecule has 128 valence electrons. The molecule has 4 rings (SSSR count). The summed E-state index contributed by atoms with van der Waals surface area (Å²) in [6.45, 7) is 3.80. The van der Waals surface area contributed by atoms with Crippen LogP contribution in [0, 0.1) is 5.82 Å². The predicted molar refractivity (Wildman–Crippen MR) is 98.3 cm³/mol. The molecule has 0 aliphatic carbocycles. The fourth-order valence-electron chi connectivity index (χ4n) is 2.85. The minimum Gasteiger partial charge on any atom is -0.507 e. The van der Waals surface area contributed by atoms with Gasteiger partial charge in [0.1, 0.15) is 11.3 Å². The van der Waals surface area contributed by atoms with E-state index in [0.29, 0.717) is 27.8 Å². The topological polar surface area (TPSA) is 66.5 Å². The van der Waals surface area contributed by atoms with E-state index in [1.165, 1.54) is 12.1 Å². The highest BCUT2D eigenvalue weighted by molar-refractivity contribution is 5.90. The van der Waals surface area contributed by atoms with Gasteiger partial charge in [-0.3, -0.25) is 0 Å². The zero-order valence-corrected chi connectivity index (χ0v) is 13.6. The molecule has 0 saturated heterocycles. The van der Waals surface area contributed by atoms with Crippen molar-refractivity contribution in [3.8, 4) is 34.1 Å². The Morgan fingerprint density at radius 1 is 0.962 bits per heavy atom. The van der Waals surface area contributed by atoms with E-state index < -0.39 is 11.6 Å². The molecular weight excluding hydrogens is 333 g/mol. The molecule has 2 N–H and O–H groups in total. The molecule has 0 saturated carbocycles. The summed E-state index contributed by atoms with van der Waals surface area (Å²) in [5.74, 6) is -0.787. The molecule has 0 radical (unpaired) electrons. The van der Waals surface area contributed by atoms with Crippen molar-refractivity contribution in [2.75, 3.05) is 0 Å². The summed E-state index contributed by atoms with van der Waals surface area (Å²) in [7, 11) is 0. The van der Waals surface area contributed by atoms with Crippen LogP contribution in [0.25, 0.3) is 39.8 Å². The Morgan fingerprint density at radius 2 is 1.77 bits per heavy atom. The summed E-state index contributed by atoms with van der Waals surface area (Å²) in [5.41, 5.74) is 3.63. The van der Waals surface area contributed by atoms with E-state index in [2.05, 4.69) is 11.6 Å². The van der Waals surface area contributed by atoms with Crippen LogP contribution in [-0.4, -0.2) is 15.2 Å². The number of oxazole rings is 1. The normalized spacial score (nSPS) is 11.0. The van der Waals surface area contributed by atoms with Crippen LogP contribution in [0.4, 0.5) is 4.39 Å². The van der Waals surface area contributed by atoms with Crippen LogP contribution in [0.3, 0.4) is 0 Å². The third-order valence-corrected chi connectivity index (χ3v) is 4.15. The zero-order valence-electron chi connectivity index (χ0n) is 13.6. The van der Waals surface area contributed by atoms with Gasteiger partial charge in [-0.2, -0.15) is 0 Å². The number of fused-ring (bicyclic) bond motifs is 1. The Labute approximate surface area is 148 Å². The van der Waals surface area contributed by atoms with Crippen molar-refractivity contribution in [1.82, 2.24) is 4.98 Å². The SMILES string of the molecule is C=Cc1cc(-c2ccccc2O)cc2nc(-c3ccc(O)c(F)c3)oc12. The Kier molecular flexibility index (Phi) is 3.69. The van der Waals surface area contributed by atoms with Gasteiger partial charge in [-0.05, 0) is 42.0 Å². The van der Waals surface area contributed by atoms with Crippen LogP contribution in [-0.2, 0) is 0 Å². The molecule has 0 unspecified atom stereocenters. The van der Waals surface area contributed by atoms with E-state index in [1.54, 1.807) is 30.3 Å². The minimum absolute atomic E-state index is 0.159. The van der Waals surface area contributed by atoms with Gasteiger partial charge in [-0.15, -0.1) is 0 Å². The first-order valence-electron chi connectivity index (χ1n) is 7.91. The van der Waals surface area contributed by atoms with Crippen molar-refractivity contribution in [3.63, 3.8) is 0 Å². The van der Waals surface area contributed by atoms with Crippen molar-refractivity contribution in [2.24, 2.45) is 0 Å². The average molecular weight is 347 g/mol. The molecular formula is C21H14FNO3. The number of hydrogen-bond acceptors (Lipinski definition) is 4. The van der Waals surface area contributed by atoms with Crippen molar-refractivity contribution >= 4 is 17.2 Å². The average Bonchev–Trinajstić information content (AvgIpc) is 3.07. The third kappa shape index (κ3) is 2.59. The predicted octanol–water partition coefficient (Wildman–Crippen LogP) is 5.36. The molecule has 0 spiro atoms. The Hall–Kier alpha value is -3.60. The maximum atomic E-state index is 13.6. The summed E-state index contributed by atoms with van der Waals surface area (Å²) >= 11 is 0.